The van der Waals surface area contributed by atoms with Crippen molar-refractivity contribution in [2.24, 2.45) is 5.92 Å². The number of anilines is 1. The molecule has 0 saturated carbocycles. The molecule has 26 heavy (non-hydrogen) atoms. The van der Waals surface area contributed by atoms with Crippen LogP contribution >= 0.6 is 0 Å². The quantitative estimate of drug-likeness (QED) is 0.785. The van der Waals surface area contributed by atoms with E-state index in [1.54, 1.807) is 6.33 Å². The molecule has 0 spiro atoms. The van der Waals surface area contributed by atoms with E-state index in [0.717, 1.165) is 74.3 Å². The smallest absolute Gasteiger partial charge is 0.241 e. The van der Waals surface area contributed by atoms with Crippen molar-refractivity contribution in [2.75, 3.05) is 25.0 Å². The normalized spacial score (nSPS) is 14.5. The van der Waals surface area contributed by atoms with Crippen LogP contribution in [0.15, 0.2) is 6.33 Å². The van der Waals surface area contributed by atoms with Gasteiger partial charge in [0, 0.05) is 19.6 Å². The van der Waals surface area contributed by atoms with Crippen LogP contribution in [-0.4, -0.2) is 50.2 Å². The summed E-state index contributed by atoms with van der Waals surface area (Å²) in [6.45, 7) is 9.41. The van der Waals surface area contributed by atoms with Gasteiger partial charge in [0.1, 0.15) is 12.1 Å². The van der Waals surface area contributed by atoms with Gasteiger partial charge in [-0.2, -0.15) is 5.10 Å². The standard InChI is InChI=1S/C19H30N6O/c1-4-5-10-25-19-17(15(23-25)11-14(2)3)18(21-13-22-19)20-12-16(26)24-8-6-7-9-24/h13-14H,4-12H2,1-3H3,(H,20,21,22). The van der Waals surface area contributed by atoms with Crippen molar-refractivity contribution in [2.45, 2.75) is 59.4 Å². The highest BCUT2D eigenvalue weighted by molar-refractivity contribution is 5.91. The third-order valence-electron chi connectivity index (χ3n) is 4.79. The minimum atomic E-state index is 0.137. The number of likely N-dealkylation sites (tertiary alicyclic amines) is 1. The van der Waals surface area contributed by atoms with E-state index in [-0.39, 0.29) is 12.5 Å². The molecular weight excluding hydrogens is 328 g/mol. The van der Waals surface area contributed by atoms with E-state index in [9.17, 15) is 4.79 Å². The third-order valence-corrected chi connectivity index (χ3v) is 4.79. The SMILES string of the molecule is CCCCn1nc(CC(C)C)c2c(NCC(=O)N3CCCC3)ncnc21. The molecular formula is C19H30N6O. The number of amides is 1. The lowest BCUT2D eigenvalue weighted by Crippen LogP contribution is -2.33. The molecule has 2 aromatic heterocycles. The van der Waals surface area contributed by atoms with Gasteiger partial charge < -0.3 is 10.2 Å². The number of unbranched alkanes of at least 4 members (excludes halogenated alkanes) is 1. The molecule has 1 N–H and O–H groups in total. The number of aryl methyl sites for hydroxylation is 1. The van der Waals surface area contributed by atoms with Gasteiger partial charge in [0.2, 0.25) is 5.91 Å². The zero-order chi connectivity index (χ0) is 18.5. The largest absolute Gasteiger partial charge is 0.360 e. The highest BCUT2D eigenvalue weighted by atomic mass is 16.2. The second-order valence-corrected chi connectivity index (χ2v) is 7.48. The lowest BCUT2D eigenvalue weighted by Gasteiger charge is -2.16. The topological polar surface area (TPSA) is 75.9 Å². The number of carbonyl (C=O) groups is 1. The molecule has 1 saturated heterocycles. The zero-order valence-electron chi connectivity index (χ0n) is 16.2. The van der Waals surface area contributed by atoms with Gasteiger partial charge in [-0.1, -0.05) is 27.2 Å². The van der Waals surface area contributed by atoms with E-state index in [2.05, 4.69) is 36.1 Å². The summed E-state index contributed by atoms with van der Waals surface area (Å²) in [5, 5.41) is 9.03. The van der Waals surface area contributed by atoms with E-state index < -0.39 is 0 Å². The van der Waals surface area contributed by atoms with Crippen LogP contribution in [0.25, 0.3) is 11.0 Å². The average Bonchev–Trinajstić information content (AvgIpc) is 3.26. The summed E-state index contributed by atoms with van der Waals surface area (Å²) in [5.41, 5.74) is 1.88. The monoisotopic (exact) mass is 358 g/mol. The third kappa shape index (κ3) is 4.14. The number of nitrogens with zero attached hydrogens (tertiary/aromatic N) is 5. The van der Waals surface area contributed by atoms with E-state index in [1.165, 1.54) is 0 Å². The molecule has 1 amide bonds. The molecule has 0 atom stereocenters. The van der Waals surface area contributed by atoms with Crippen molar-refractivity contribution < 1.29 is 4.79 Å². The highest BCUT2D eigenvalue weighted by Crippen LogP contribution is 2.26. The molecule has 2 aromatic rings. The Morgan fingerprint density at radius 1 is 1.27 bits per heavy atom. The first-order valence-corrected chi connectivity index (χ1v) is 9.82. The van der Waals surface area contributed by atoms with Crippen LogP contribution in [0.5, 0.6) is 0 Å². The maximum Gasteiger partial charge on any atom is 0.241 e. The molecule has 0 aromatic carbocycles. The number of carbonyl (C=O) groups excluding carboxylic acids is 1. The van der Waals surface area contributed by atoms with Crippen LogP contribution in [0.2, 0.25) is 0 Å². The Kier molecular flexibility index (Phi) is 6.06. The van der Waals surface area contributed by atoms with Gasteiger partial charge in [0.15, 0.2) is 5.65 Å². The molecule has 1 fully saturated rings. The second kappa shape index (κ2) is 8.47. The summed E-state index contributed by atoms with van der Waals surface area (Å²) in [6.07, 6.45) is 6.82. The number of hydrogen-bond donors (Lipinski definition) is 1. The van der Waals surface area contributed by atoms with Gasteiger partial charge in [-0.15, -0.1) is 0 Å². The Hall–Kier alpha value is -2.18. The predicted molar refractivity (Wildman–Crippen MR) is 103 cm³/mol. The Labute approximate surface area is 155 Å². The number of nitrogens with one attached hydrogen (secondary N) is 1. The van der Waals surface area contributed by atoms with Gasteiger partial charge in [0.25, 0.3) is 0 Å². The summed E-state index contributed by atoms with van der Waals surface area (Å²) >= 11 is 0. The van der Waals surface area contributed by atoms with Crippen LogP contribution in [0.1, 0.15) is 52.1 Å². The van der Waals surface area contributed by atoms with Crippen LogP contribution in [-0.2, 0) is 17.8 Å². The lowest BCUT2D eigenvalue weighted by molar-refractivity contribution is -0.128. The van der Waals surface area contributed by atoms with Gasteiger partial charge in [0.05, 0.1) is 17.6 Å². The molecule has 1 aliphatic heterocycles. The fraction of sp³-hybridized carbons (Fsp3) is 0.684. The van der Waals surface area contributed by atoms with E-state index in [0.29, 0.717) is 5.92 Å². The van der Waals surface area contributed by atoms with Crippen LogP contribution in [0, 0.1) is 5.92 Å². The van der Waals surface area contributed by atoms with Gasteiger partial charge in [-0.25, -0.2) is 14.6 Å². The fourth-order valence-electron chi connectivity index (χ4n) is 3.45. The number of fused-ring (bicyclic) bond motifs is 1. The Bertz CT molecular complexity index is 748. The Morgan fingerprint density at radius 2 is 2.04 bits per heavy atom. The summed E-state index contributed by atoms with van der Waals surface area (Å²) in [4.78, 5) is 23.2. The minimum Gasteiger partial charge on any atom is -0.360 e. The van der Waals surface area contributed by atoms with Gasteiger partial charge in [-0.3, -0.25) is 4.79 Å². The maximum absolute atomic E-state index is 12.4. The molecule has 0 aliphatic carbocycles. The van der Waals surface area contributed by atoms with E-state index in [4.69, 9.17) is 5.10 Å². The van der Waals surface area contributed by atoms with E-state index >= 15 is 0 Å². The molecule has 0 radical (unpaired) electrons. The molecule has 7 heteroatoms. The average molecular weight is 358 g/mol. The second-order valence-electron chi connectivity index (χ2n) is 7.48. The first-order chi connectivity index (χ1) is 12.6. The van der Waals surface area contributed by atoms with Crippen molar-refractivity contribution in [3.63, 3.8) is 0 Å². The van der Waals surface area contributed by atoms with E-state index in [1.807, 2.05) is 9.58 Å². The van der Waals surface area contributed by atoms with Crippen molar-refractivity contribution >= 4 is 22.8 Å². The van der Waals surface area contributed by atoms with Crippen LogP contribution < -0.4 is 5.32 Å². The summed E-state index contributed by atoms with van der Waals surface area (Å²) in [5.74, 6) is 1.35. The summed E-state index contributed by atoms with van der Waals surface area (Å²) < 4.78 is 1.99. The van der Waals surface area contributed by atoms with Crippen molar-refractivity contribution in [1.29, 1.82) is 0 Å². The fourth-order valence-corrected chi connectivity index (χ4v) is 3.45. The molecule has 7 nitrogen and oxygen atoms in total. The number of hydrogen-bond acceptors (Lipinski definition) is 5. The van der Waals surface area contributed by atoms with Crippen LogP contribution in [0.3, 0.4) is 0 Å². The highest BCUT2D eigenvalue weighted by Gasteiger charge is 2.20. The molecule has 3 rings (SSSR count). The molecule has 3 heterocycles. The Morgan fingerprint density at radius 3 is 2.73 bits per heavy atom. The molecule has 142 valence electrons. The minimum absolute atomic E-state index is 0.137. The van der Waals surface area contributed by atoms with Crippen molar-refractivity contribution in [1.82, 2.24) is 24.6 Å². The first-order valence-electron chi connectivity index (χ1n) is 9.82. The summed E-state index contributed by atoms with van der Waals surface area (Å²) in [7, 11) is 0. The van der Waals surface area contributed by atoms with Gasteiger partial charge in [-0.05, 0) is 31.6 Å². The van der Waals surface area contributed by atoms with Crippen LogP contribution in [0.4, 0.5) is 5.82 Å². The first kappa shape index (κ1) is 18.6. The molecule has 0 bridgehead atoms. The molecule has 0 unspecified atom stereocenters. The summed E-state index contributed by atoms with van der Waals surface area (Å²) in [6, 6.07) is 0. The zero-order valence-corrected chi connectivity index (χ0v) is 16.2. The van der Waals surface area contributed by atoms with Crippen molar-refractivity contribution in [3.05, 3.63) is 12.0 Å². The Balaban J connectivity index is 1.86. The lowest BCUT2D eigenvalue weighted by atomic mass is 10.1. The van der Waals surface area contributed by atoms with Crippen molar-refractivity contribution in [3.8, 4) is 0 Å². The molecule has 1 aliphatic rings. The predicted octanol–water partition coefficient (Wildman–Crippen LogP) is 2.86. The maximum atomic E-state index is 12.4. The van der Waals surface area contributed by atoms with Gasteiger partial charge >= 0.3 is 0 Å². The number of aromatic nitrogens is 4. The number of rotatable bonds is 8.